The lowest BCUT2D eigenvalue weighted by atomic mass is 9.95. The monoisotopic (exact) mass is 357 g/mol. The van der Waals surface area contributed by atoms with E-state index in [2.05, 4.69) is 9.55 Å². The molecule has 132 valence electrons. The van der Waals surface area contributed by atoms with Crippen LogP contribution in [-0.4, -0.2) is 20.4 Å². The zero-order valence-electron chi connectivity index (χ0n) is 14.4. The molecule has 5 heteroatoms. The molecule has 1 atom stereocenters. The summed E-state index contributed by atoms with van der Waals surface area (Å²) in [5.74, 6) is 0.522. The van der Waals surface area contributed by atoms with Crippen LogP contribution in [0, 0.1) is 5.82 Å². The third kappa shape index (κ3) is 2.59. The molecule has 1 unspecified atom stereocenters. The highest BCUT2D eigenvalue weighted by atomic mass is 19.1. The van der Waals surface area contributed by atoms with Crippen molar-refractivity contribution >= 4 is 22.7 Å². The van der Waals surface area contributed by atoms with Crippen LogP contribution in [0.2, 0.25) is 0 Å². The van der Waals surface area contributed by atoms with Crippen molar-refractivity contribution in [3.05, 3.63) is 89.7 Å². The molecule has 4 aromatic rings. The van der Waals surface area contributed by atoms with Crippen LogP contribution in [0.25, 0.3) is 11.0 Å². The fourth-order valence-electron chi connectivity index (χ4n) is 3.70. The number of aliphatic imine (C=N–C) groups is 1. The van der Waals surface area contributed by atoms with Gasteiger partial charge >= 0.3 is 0 Å². The van der Waals surface area contributed by atoms with Crippen LogP contribution in [0.1, 0.15) is 23.6 Å². The molecule has 1 aliphatic rings. The second kappa shape index (κ2) is 6.06. The molecule has 0 spiro atoms. The lowest BCUT2D eigenvalue weighted by Gasteiger charge is -2.26. The number of phenols is 1. The van der Waals surface area contributed by atoms with E-state index in [1.165, 1.54) is 12.1 Å². The van der Waals surface area contributed by atoms with Gasteiger partial charge in [0.25, 0.3) is 0 Å². The minimum Gasteiger partial charge on any atom is -0.507 e. The van der Waals surface area contributed by atoms with Crippen molar-refractivity contribution in [3.63, 3.8) is 0 Å². The SMILES string of the molecule is Oc1ccccc1C1=Nc2nc3ccccc3n2C(c2ccc(F)cc2)C1. The quantitative estimate of drug-likeness (QED) is 0.549. The lowest BCUT2D eigenvalue weighted by molar-refractivity contribution is 0.473. The standard InChI is InChI=1S/C22H16FN3O/c23-15-11-9-14(10-12-15)20-13-18(16-5-1-4-8-21(16)27)25-22-24-17-6-2-3-7-19(17)26(20)22/h1-12,20,27H,13H2. The van der Waals surface area contributed by atoms with Gasteiger partial charge in [-0.05, 0) is 42.0 Å². The normalized spacial score (nSPS) is 16.2. The van der Waals surface area contributed by atoms with E-state index in [0.29, 0.717) is 17.9 Å². The number of halogens is 1. The van der Waals surface area contributed by atoms with Crippen molar-refractivity contribution in [2.75, 3.05) is 0 Å². The second-order valence-corrected chi connectivity index (χ2v) is 6.62. The lowest BCUT2D eigenvalue weighted by Crippen LogP contribution is -2.20. The first-order valence-corrected chi connectivity index (χ1v) is 8.79. The maximum absolute atomic E-state index is 13.5. The Morgan fingerprint density at radius 1 is 0.926 bits per heavy atom. The molecule has 0 bridgehead atoms. The molecule has 4 nitrogen and oxygen atoms in total. The van der Waals surface area contributed by atoms with Crippen molar-refractivity contribution in [1.29, 1.82) is 0 Å². The summed E-state index contributed by atoms with van der Waals surface area (Å²) in [5.41, 5.74) is 4.29. The van der Waals surface area contributed by atoms with Gasteiger partial charge in [-0.1, -0.05) is 36.4 Å². The van der Waals surface area contributed by atoms with E-state index < -0.39 is 0 Å². The molecule has 1 N–H and O–H groups in total. The number of nitrogens with zero attached hydrogens (tertiary/aromatic N) is 3. The van der Waals surface area contributed by atoms with E-state index in [1.54, 1.807) is 24.3 Å². The zero-order valence-corrected chi connectivity index (χ0v) is 14.4. The van der Waals surface area contributed by atoms with Gasteiger partial charge in [-0.3, -0.25) is 0 Å². The predicted molar refractivity (Wildman–Crippen MR) is 103 cm³/mol. The van der Waals surface area contributed by atoms with E-state index in [9.17, 15) is 9.50 Å². The van der Waals surface area contributed by atoms with E-state index in [-0.39, 0.29) is 17.6 Å². The first-order chi connectivity index (χ1) is 13.2. The van der Waals surface area contributed by atoms with Crippen molar-refractivity contribution in [2.45, 2.75) is 12.5 Å². The van der Waals surface area contributed by atoms with E-state index >= 15 is 0 Å². The first kappa shape index (κ1) is 15.8. The number of fused-ring (bicyclic) bond motifs is 3. The fraction of sp³-hybridized carbons (Fsp3) is 0.0909. The van der Waals surface area contributed by atoms with Crippen LogP contribution < -0.4 is 0 Å². The molecule has 5 rings (SSSR count). The Kier molecular flexibility index (Phi) is 3.53. The highest BCUT2D eigenvalue weighted by Crippen LogP contribution is 2.38. The number of para-hydroxylation sites is 3. The smallest absolute Gasteiger partial charge is 0.231 e. The average Bonchev–Trinajstić information content (AvgIpc) is 3.07. The molecular weight excluding hydrogens is 341 g/mol. The molecule has 0 amide bonds. The van der Waals surface area contributed by atoms with Crippen molar-refractivity contribution in [2.24, 2.45) is 4.99 Å². The van der Waals surface area contributed by atoms with Gasteiger partial charge in [0.15, 0.2) is 0 Å². The molecule has 0 radical (unpaired) electrons. The summed E-state index contributed by atoms with van der Waals surface area (Å²) in [5, 5.41) is 10.3. The Labute approximate surface area is 155 Å². The maximum Gasteiger partial charge on any atom is 0.231 e. The van der Waals surface area contributed by atoms with Gasteiger partial charge in [0, 0.05) is 12.0 Å². The van der Waals surface area contributed by atoms with Crippen LogP contribution in [0.3, 0.4) is 0 Å². The molecule has 1 aliphatic heterocycles. The summed E-state index contributed by atoms with van der Waals surface area (Å²) in [4.78, 5) is 9.41. The van der Waals surface area contributed by atoms with Gasteiger partial charge in [0.05, 0.1) is 22.8 Å². The summed E-state index contributed by atoms with van der Waals surface area (Å²) < 4.78 is 15.6. The second-order valence-electron chi connectivity index (χ2n) is 6.62. The molecule has 0 fully saturated rings. The van der Waals surface area contributed by atoms with Crippen molar-refractivity contribution in [3.8, 4) is 5.75 Å². The minimum atomic E-state index is -0.264. The highest BCUT2D eigenvalue weighted by Gasteiger charge is 2.28. The largest absolute Gasteiger partial charge is 0.507 e. The fourth-order valence-corrected chi connectivity index (χ4v) is 3.70. The van der Waals surface area contributed by atoms with Gasteiger partial charge < -0.3 is 9.67 Å². The van der Waals surface area contributed by atoms with Gasteiger partial charge in [-0.2, -0.15) is 0 Å². The van der Waals surface area contributed by atoms with Crippen molar-refractivity contribution in [1.82, 2.24) is 9.55 Å². The van der Waals surface area contributed by atoms with E-state index in [4.69, 9.17) is 4.99 Å². The number of hydrogen-bond donors (Lipinski definition) is 1. The van der Waals surface area contributed by atoms with Crippen LogP contribution in [0.15, 0.2) is 77.8 Å². The predicted octanol–water partition coefficient (Wildman–Crippen LogP) is 4.99. The third-order valence-corrected chi connectivity index (χ3v) is 4.98. The van der Waals surface area contributed by atoms with Crippen LogP contribution in [-0.2, 0) is 0 Å². The van der Waals surface area contributed by atoms with Gasteiger partial charge in [0.1, 0.15) is 11.6 Å². The molecule has 3 aromatic carbocycles. The topological polar surface area (TPSA) is 50.4 Å². The van der Waals surface area contributed by atoms with Crippen molar-refractivity contribution < 1.29 is 9.50 Å². The Morgan fingerprint density at radius 3 is 2.48 bits per heavy atom. The summed E-state index contributed by atoms with van der Waals surface area (Å²) in [6.45, 7) is 0. The number of aromatic nitrogens is 2. The van der Waals surface area contributed by atoms with Crippen LogP contribution >= 0.6 is 0 Å². The molecule has 2 heterocycles. The Hall–Kier alpha value is -3.47. The zero-order chi connectivity index (χ0) is 18.4. The number of phenolic OH excluding ortho intramolecular Hbond substituents is 1. The molecule has 27 heavy (non-hydrogen) atoms. The van der Waals surface area contributed by atoms with Gasteiger partial charge in [0.2, 0.25) is 5.95 Å². The number of aromatic hydroxyl groups is 1. The first-order valence-electron chi connectivity index (χ1n) is 8.79. The Morgan fingerprint density at radius 2 is 1.67 bits per heavy atom. The highest BCUT2D eigenvalue weighted by molar-refractivity contribution is 6.05. The third-order valence-electron chi connectivity index (χ3n) is 4.98. The molecule has 1 aromatic heterocycles. The average molecular weight is 357 g/mol. The van der Waals surface area contributed by atoms with Crippen LogP contribution in [0.5, 0.6) is 5.75 Å². The number of imidazole rings is 1. The summed E-state index contributed by atoms with van der Waals surface area (Å²) in [6, 6.07) is 21.5. The number of benzene rings is 3. The minimum absolute atomic E-state index is 0.0832. The van der Waals surface area contributed by atoms with Crippen LogP contribution in [0.4, 0.5) is 10.3 Å². The number of rotatable bonds is 2. The van der Waals surface area contributed by atoms with Gasteiger partial charge in [-0.15, -0.1) is 0 Å². The van der Waals surface area contributed by atoms with E-state index in [0.717, 1.165) is 22.3 Å². The number of hydrogen-bond acceptors (Lipinski definition) is 3. The summed E-state index contributed by atoms with van der Waals surface area (Å²) in [6.07, 6.45) is 0.580. The molecule has 0 aliphatic carbocycles. The molecular formula is C22H16FN3O. The van der Waals surface area contributed by atoms with E-state index in [1.807, 2.05) is 36.4 Å². The Balaban J connectivity index is 1.74. The summed E-state index contributed by atoms with van der Waals surface area (Å²) >= 11 is 0. The molecule has 0 saturated heterocycles. The summed E-state index contributed by atoms with van der Waals surface area (Å²) in [7, 11) is 0. The van der Waals surface area contributed by atoms with Gasteiger partial charge in [-0.25, -0.2) is 14.4 Å². The molecule has 0 saturated carbocycles. The Bertz CT molecular complexity index is 1180. The maximum atomic E-state index is 13.5.